The minimum absolute atomic E-state index is 0.0525. The van der Waals surface area contributed by atoms with Gasteiger partial charge in [-0.15, -0.1) is 0 Å². The van der Waals surface area contributed by atoms with Crippen LogP contribution in [0.15, 0.2) is 27.7 Å². The molecule has 1 aromatic rings. The molecule has 0 aliphatic heterocycles. The first-order chi connectivity index (χ1) is 8.69. The number of aliphatic imine (C=N–C) groups is 1. The van der Waals surface area contributed by atoms with Crippen LogP contribution in [-0.2, 0) is 0 Å². The molecule has 1 rings (SSSR count). The van der Waals surface area contributed by atoms with Crippen molar-refractivity contribution in [3.8, 4) is 0 Å². The maximum atomic E-state index is 11.6. The topological polar surface area (TPSA) is 79.5 Å². The Balaban J connectivity index is 2.81. The second-order valence-electron chi connectivity index (χ2n) is 5.23. The molecule has 0 radical (unpaired) electrons. The molecule has 0 aliphatic rings. The number of rotatable bonds is 1. The maximum Gasteiger partial charge on any atom is 0.321 e. The van der Waals surface area contributed by atoms with E-state index in [4.69, 9.17) is 5.73 Å². The molecule has 6 heteroatoms. The van der Waals surface area contributed by atoms with Gasteiger partial charge in [-0.25, -0.2) is 9.79 Å². The van der Waals surface area contributed by atoms with Crippen LogP contribution in [0.3, 0.4) is 0 Å². The number of urea groups is 1. The molecule has 0 fully saturated rings. The Labute approximate surface area is 121 Å². The van der Waals surface area contributed by atoms with Crippen molar-refractivity contribution in [3.63, 3.8) is 0 Å². The minimum atomic E-state index is -0.376. The van der Waals surface area contributed by atoms with Crippen molar-refractivity contribution in [2.24, 2.45) is 10.7 Å². The zero-order valence-corrected chi connectivity index (χ0v) is 13.1. The van der Waals surface area contributed by atoms with E-state index in [1.54, 1.807) is 0 Å². The molecule has 0 bridgehead atoms. The smallest absolute Gasteiger partial charge is 0.321 e. The van der Waals surface area contributed by atoms with Crippen molar-refractivity contribution in [3.05, 3.63) is 28.2 Å². The quantitative estimate of drug-likeness (QED) is 0.548. The summed E-state index contributed by atoms with van der Waals surface area (Å²) in [5.74, 6) is 0.0525. The molecule has 2 amide bonds. The lowest BCUT2D eigenvalue weighted by Crippen LogP contribution is -2.50. The summed E-state index contributed by atoms with van der Waals surface area (Å²) < 4.78 is 0.827. The number of carbonyl (C=O) groups is 1. The molecule has 104 valence electrons. The number of nitrogens with one attached hydrogen (secondary N) is 2. The van der Waals surface area contributed by atoms with Crippen LogP contribution >= 0.6 is 15.9 Å². The normalized spacial score (nSPS) is 12.2. The molecule has 0 saturated heterocycles. The number of hydrogen-bond acceptors (Lipinski definition) is 2. The number of nitrogens with zero attached hydrogens (tertiary/aromatic N) is 1. The largest absolute Gasteiger partial charge is 0.369 e. The molecule has 0 spiro atoms. The van der Waals surface area contributed by atoms with Crippen molar-refractivity contribution >= 4 is 33.6 Å². The van der Waals surface area contributed by atoms with Crippen LogP contribution in [0.5, 0.6) is 0 Å². The van der Waals surface area contributed by atoms with Gasteiger partial charge in [0.05, 0.1) is 5.69 Å². The van der Waals surface area contributed by atoms with Crippen LogP contribution in [0.4, 0.5) is 10.5 Å². The Kier molecular flexibility index (Phi) is 4.94. The van der Waals surface area contributed by atoms with Gasteiger partial charge in [-0.3, -0.25) is 5.32 Å². The molecule has 0 aliphatic carbocycles. The Morgan fingerprint density at radius 1 is 1.37 bits per heavy atom. The third-order valence-electron chi connectivity index (χ3n) is 2.15. The van der Waals surface area contributed by atoms with Gasteiger partial charge in [0.15, 0.2) is 0 Å². The fourth-order valence-corrected chi connectivity index (χ4v) is 1.96. The Morgan fingerprint density at radius 3 is 2.53 bits per heavy atom. The Hall–Kier alpha value is -1.56. The van der Waals surface area contributed by atoms with E-state index < -0.39 is 0 Å². The third-order valence-corrected chi connectivity index (χ3v) is 2.79. The van der Waals surface area contributed by atoms with E-state index in [9.17, 15) is 4.79 Å². The van der Waals surface area contributed by atoms with Crippen LogP contribution in [0, 0.1) is 6.92 Å². The number of nitrogens with two attached hydrogens (primary N) is 1. The lowest BCUT2D eigenvalue weighted by molar-refractivity contribution is 0.236. The van der Waals surface area contributed by atoms with Crippen molar-refractivity contribution in [2.45, 2.75) is 33.2 Å². The van der Waals surface area contributed by atoms with E-state index in [0.29, 0.717) is 5.69 Å². The molecule has 0 unspecified atom stereocenters. The van der Waals surface area contributed by atoms with E-state index in [0.717, 1.165) is 10.0 Å². The van der Waals surface area contributed by atoms with Gasteiger partial charge in [-0.2, -0.15) is 0 Å². The van der Waals surface area contributed by atoms with E-state index >= 15 is 0 Å². The first-order valence-corrected chi connectivity index (χ1v) is 6.67. The standard InChI is InChI=1S/C13H19BrN4O/c1-8-6-5-7-9(14)10(8)16-11(15)17-12(19)18-13(2,3)4/h5-7H,1-4H3,(H4,15,16,17,18,19). The molecule has 4 N–H and O–H groups in total. The average molecular weight is 327 g/mol. The highest BCUT2D eigenvalue weighted by molar-refractivity contribution is 9.10. The summed E-state index contributed by atoms with van der Waals surface area (Å²) in [6.07, 6.45) is 0. The second kappa shape index (κ2) is 6.06. The van der Waals surface area contributed by atoms with E-state index in [-0.39, 0.29) is 17.5 Å². The molecular formula is C13H19BrN4O. The summed E-state index contributed by atoms with van der Waals surface area (Å²) in [7, 11) is 0. The fourth-order valence-electron chi connectivity index (χ4n) is 1.40. The van der Waals surface area contributed by atoms with Crippen molar-refractivity contribution in [1.29, 1.82) is 0 Å². The minimum Gasteiger partial charge on any atom is -0.369 e. The number of hydrogen-bond donors (Lipinski definition) is 3. The number of carbonyl (C=O) groups excluding carboxylic acids is 1. The first kappa shape index (κ1) is 15.5. The zero-order chi connectivity index (χ0) is 14.6. The number of amides is 2. The highest BCUT2D eigenvalue weighted by Gasteiger charge is 2.14. The van der Waals surface area contributed by atoms with Gasteiger partial charge < -0.3 is 11.1 Å². The number of halogens is 1. The van der Waals surface area contributed by atoms with E-state index in [1.165, 1.54) is 0 Å². The van der Waals surface area contributed by atoms with Gasteiger partial charge in [0.1, 0.15) is 0 Å². The van der Waals surface area contributed by atoms with E-state index in [2.05, 4.69) is 31.6 Å². The van der Waals surface area contributed by atoms with Crippen LogP contribution in [0.2, 0.25) is 0 Å². The first-order valence-electron chi connectivity index (χ1n) is 5.87. The highest BCUT2D eigenvalue weighted by atomic mass is 79.9. The lowest BCUT2D eigenvalue weighted by atomic mass is 10.1. The summed E-state index contributed by atoms with van der Waals surface area (Å²) >= 11 is 3.40. The lowest BCUT2D eigenvalue weighted by Gasteiger charge is -2.20. The monoisotopic (exact) mass is 326 g/mol. The zero-order valence-electron chi connectivity index (χ0n) is 11.5. The predicted molar refractivity (Wildman–Crippen MR) is 81.6 cm³/mol. The average Bonchev–Trinajstić information content (AvgIpc) is 2.20. The molecule has 0 aromatic heterocycles. The molecule has 1 aromatic carbocycles. The van der Waals surface area contributed by atoms with Gasteiger partial charge in [0.25, 0.3) is 0 Å². The number of para-hydroxylation sites is 1. The molecule has 5 nitrogen and oxygen atoms in total. The molecule has 0 atom stereocenters. The fraction of sp³-hybridized carbons (Fsp3) is 0.385. The molecule has 19 heavy (non-hydrogen) atoms. The predicted octanol–water partition coefficient (Wildman–Crippen LogP) is 2.80. The maximum absolute atomic E-state index is 11.6. The van der Waals surface area contributed by atoms with Gasteiger partial charge in [0.2, 0.25) is 5.96 Å². The summed E-state index contributed by atoms with van der Waals surface area (Å²) in [6, 6.07) is 5.33. The van der Waals surface area contributed by atoms with Crippen LogP contribution in [0.1, 0.15) is 26.3 Å². The SMILES string of the molecule is Cc1cccc(Br)c1N=C(N)NC(=O)NC(C)(C)C. The highest BCUT2D eigenvalue weighted by Crippen LogP contribution is 2.28. The summed E-state index contributed by atoms with van der Waals surface area (Å²) in [5, 5.41) is 5.24. The molecular weight excluding hydrogens is 308 g/mol. The van der Waals surface area contributed by atoms with Crippen LogP contribution in [-0.4, -0.2) is 17.5 Å². The van der Waals surface area contributed by atoms with E-state index in [1.807, 2.05) is 45.9 Å². The van der Waals surface area contributed by atoms with Gasteiger partial charge in [0, 0.05) is 10.0 Å². The van der Waals surface area contributed by atoms with Crippen molar-refractivity contribution in [1.82, 2.24) is 10.6 Å². The van der Waals surface area contributed by atoms with Crippen molar-refractivity contribution < 1.29 is 4.79 Å². The summed E-state index contributed by atoms with van der Waals surface area (Å²) in [6.45, 7) is 7.58. The van der Waals surface area contributed by atoms with Gasteiger partial charge in [-0.1, -0.05) is 12.1 Å². The second-order valence-corrected chi connectivity index (χ2v) is 6.09. The number of benzene rings is 1. The molecule has 0 heterocycles. The van der Waals surface area contributed by atoms with Crippen LogP contribution in [0.25, 0.3) is 0 Å². The molecule has 0 saturated carbocycles. The number of guanidine groups is 1. The van der Waals surface area contributed by atoms with Gasteiger partial charge >= 0.3 is 6.03 Å². The summed E-state index contributed by atoms with van der Waals surface area (Å²) in [5.41, 5.74) is 7.07. The number of aryl methyl sites for hydroxylation is 1. The third kappa shape index (κ3) is 5.30. The Morgan fingerprint density at radius 2 is 2.00 bits per heavy atom. The van der Waals surface area contributed by atoms with Gasteiger partial charge in [-0.05, 0) is 55.3 Å². The van der Waals surface area contributed by atoms with Crippen LogP contribution < -0.4 is 16.4 Å². The van der Waals surface area contributed by atoms with Crippen molar-refractivity contribution in [2.75, 3.05) is 0 Å². The summed E-state index contributed by atoms with van der Waals surface area (Å²) in [4.78, 5) is 15.8. The Bertz CT molecular complexity index is 486.